The number of carboxylic acids is 1. The number of hydrogen-bond donors (Lipinski definition) is 1. The van der Waals surface area contributed by atoms with Crippen molar-refractivity contribution in [1.29, 1.82) is 0 Å². The van der Waals surface area contributed by atoms with E-state index in [4.69, 9.17) is 5.11 Å². The molecule has 1 aliphatic rings. The lowest BCUT2D eigenvalue weighted by molar-refractivity contribution is -0.140. The largest absolute Gasteiger partial charge is 0.481 e. The Kier molecular flexibility index (Phi) is 6.54. The predicted molar refractivity (Wildman–Crippen MR) is 73.8 cm³/mol. The lowest BCUT2D eigenvalue weighted by Gasteiger charge is -2.29. The van der Waals surface area contributed by atoms with Crippen molar-refractivity contribution in [3.63, 3.8) is 0 Å². The Balaban J connectivity index is 2.47. The van der Waals surface area contributed by atoms with Crippen molar-refractivity contribution >= 4 is 23.6 Å². The zero-order valence-electron chi connectivity index (χ0n) is 11.2. The minimum atomic E-state index is -0.845. The van der Waals surface area contributed by atoms with Crippen LogP contribution >= 0.6 is 11.8 Å². The second-order valence-corrected chi connectivity index (χ2v) is 6.11. The minimum Gasteiger partial charge on any atom is -0.481 e. The molecule has 1 heterocycles. The van der Waals surface area contributed by atoms with Crippen LogP contribution in [-0.4, -0.2) is 46.0 Å². The normalized spacial score (nSPS) is 18.3. The molecule has 1 unspecified atom stereocenters. The van der Waals surface area contributed by atoms with Gasteiger partial charge in [0.25, 0.3) is 0 Å². The molecule has 1 atom stereocenters. The molecule has 0 aliphatic carbocycles. The van der Waals surface area contributed by atoms with Crippen LogP contribution in [0.4, 0.5) is 0 Å². The molecule has 1 aliphatic heterocycles. The van der Waals surface area contributed by atoms with Gasteiger partial charge in [0.05, 0.1) is 6.42 Å². The summed E-state index contributed by atoms with van der Waals surface area (Å²) >= 11 is 1.95. The van der Waals surface area contributed by atoms with Crippen LogP contribution in [0.1, 0.15) is 39.5 Å². The first-order valence-corrected chi connectivity index (χ1v) is 7.79. The lowest BCUT2D eigenvalue weighted by atomic mass is 9.97. The molecule has 4 nitrogen and oxygen atoms in total. The molecule has 5 heteroatoms. The van der Waals surface area contributed by atoms with Crippen LogP contribution < -0.4 is 0 Å². The van der Waals surface area contributed by atoms with Crippen LogP contribution in [0, 0.1) is 5.92 Å². The Labute approximate surface area is 113 Å². The minimum absolute atomic E-state index is 0.0279. The molecule has 0 aromatic heterocycles. The number of thioether (sulfide) groups is 1. The molecule has 0 saturated carbocycles. The standard InChI is InChI=1S/C13H23NO3S/c1-3-14(10(2)8-13(16)17)12(15)9-11-4-6-18-7-5-11/h10-11H,3-9H2,1-2H3,(H,16,17). The van der Waals surface area contributed by atoms with E-state index in [1.807, 2.05) is 25.6 Å². The quantitative estimate of drug-likeness (QED) is 0.806. The molecule has 0 aromatic carbocycles. The molecule has 1 rings (SSSR count). The SMILES string of the molecule is CCN(C(=O)CC1CCSCC1)C(C)CC(=O)O. The van der Waals surface area contributed by atoms with Gasteiger partial charge in [-0.1, -0.05) is 0 Å². The number of hydrogen-bond acceptors (Lipinski definition) is 3. The third-order valence-corrected chi connectivity index (χ3v) is 4.52. The summed E-state index contributed by atoms with van der Waals surface area (Å²) in [5.41, 5.74) is 0. The van der Waals surface area contributed by atoms with E-state index in [0.717, 1.165) is 24.3 Å². The second-order valence-electron chi connectivity index (χ2n) is 4.89. The van der Waals surface area contributed by atoms with Gasteiger partial charge < -0.3 is 10.0 Å². The molecule has 18 heavy (non-hydrogen) atoms. The third kappa shape index (κ3) is 4.88. The van der Waals surface area contributed by atoms with E-state index in [1.165, 1.54) is 0 Å². The maximum Gasteiger partial charge on any atom is 0.305 e. The molecule has 0 spiro atoms. The fraction of sp³-hybridized carbons (Fsp3) is 0.846. The van der Waals surface area contributed by atoms with Crippen LogP contribution in [0.25, 0.3) is 0 Å². The molecule has 0 bridgehead atoms. The highest BCUT2D eigenvalue weighted by atomic mass is 32.2. The zero-order chi connectivity index (χ0) is 13.5. The molecule has 1 fully saturated rings. The summed E-state index contributed by atoms with van der Waals surface area (Å²) in [5, 5.41) is 8.79. The summed E-state index contributed by atoms with van der Waals surface area (Å²) in [6.45, 7) is 4.31. The number of amides is 1. The predicted octanol–water partition coefficient (Wildman–Crippen LogP) is 2.23. The number of aliphatic carboxylic acids is 1. The maximum atomic E-state index is 12.2. The van der Waals surface area contributed by atoms with E-state index in [2.05, 4.69) is 0 Å². The monoisotopic (exact) mass is 273 g/mol. The Hall–Kier alpha value is -0.710. The Morgan fingerprint density at radius 2 is 2.00 bits per heavy atom. The molecular weight excluding hydrogens is 250 g/mol. The average molecular weight is 273 g/mol. The second kappa shape index (κ2) is 7.67. The van der Waals surface area contributed by atoms with Crippen molar-refractivity contribution < 1.29 is 14.7 Å². The van der Waals surface area contributed by atoms with Crippen LogP contribution in [0.2, 0.25) is 0 Å². The summed E-state index contributed by atoms with van der Waals surface area (Å²) in [7, 11) is 0. The first kappa shape index (κ1) is 15.3. The summed E-state index contributed by atoms with van der Waals surface area (Å²) < 4.78 is 0. The summed E-state index contributed by atoms with van der Waals surface area (Å²) in [6, 6.07) is -0.210. The third-order valence-electron chi connectivity index (χ3n) is 3.47. The van der Waals surface area contributed by atoms with Gasteiger partial charge in [-0.3, -0.25) is 9.59 Å². The van der Waals surface area contributed by atoms with E-state index in [0.29, 0.717) is 18.9 Å². The maximum absolute atomic E-state index is 12.2. The van der Waals surface area contributed by atoms with Crippen molar-refractivity contribution in [2.75, 3.05) is 18.1 Å². The fourth-order valence-electron chi connectivity index (χ4n) is 2.41. The van der Waals surface area contributed by atoms with Gasteiger partial charge in [-0.2, -0.15) is 11.8 Å². The van der Waals surface area contributed by atoms with Crippen molar-refractivity contribution in [3.8, 4) is 0 Å². The van der Waals surface area contributed by atoms with E-state index in [-0.39, 0.29) is 18.4 Å². The van der Waals surface area contributed by atoms with Gasteiger partial charge in [-0.05, 0) is 44.1 Å². The van der Waals surface area contributed by atoms with Gasteiger partial charge in [-0.15, -0.1) is 0 Å². The molecule has 104 valence electrons. The zero-order valence-corrected chi connectivity index (χ0v) is 12.0. The van der Waals surface area contributed by atoms with E-state index in [9.17, 15) is 9.59 Å². The highest BCUT2D eigenvalue weighted by Gasteiger charge is 2.24. The van der Waals surface area contributed by atoms with Crippen molar-refractivity contribution in [2.24, 2.45) is 5.92 Å². The van der Waals surface area contributed by atoms with Crippen LogP contribution in [0.15, 0.2) is 0 Å². The molecule has 1 saturated heterocycles. The smallest absolute Gasteiger partial charge is 0.305 e. The Morgan fingerprint density at radius 3 is 2.50 bits per heavy atom. The van der Waals surface area contributed by atoms with Crippen LogP contribution in [0.5, 0.6) is 0 Å². The van der Waals surface area contributed by atoms with Crippen LogP contribution in [0.3, 0.4) is 0 Å². The van der Waals surface area contributed by atoms with E-state index >= 15 is 0 Å². The first-order chi connectivity index (χ1) is 8.54. The highest BCUT2D eigenvalue weighted by Crippen LogP contribution is 2.26. The Bertz CT molecular complexity index is 290. The summed E-state index contributed by atoms with van der Waals surface area (Å²) in [6.07, 6.45) is 2.83. The van der Waals surface area contributed by atoms with Gasteiger partial charge in [0, 0.05) is 19.0 Å². The number of rotatable bonds is 6. The Morgan fingerprint density at radius 1 is 1.39 bits per heavy atom. The lowest BCUT2D eigenvalue weighted by Crippen LogP contribution is -2.40. The van der Waals surface area contributed by atoms with Gasteiger partial charge in [0.15, 0.2) is 0 Å². The number of carbonyl (C=O) groups excluding carboxylic acids is 1. The molecule has 1 amide bonds. The van der Waals surface area contributed by atoms with Crippen molar-refractivity contribution in [3.05, 3.63) is 0 Å². The molecule has 0 radical (unpaired) electrons. The molecule has 1 N–H and O–H groups in total. The van der Waals surface area contributed by atoms with Gasteiger partial charge >= 0.3 is 5.97 Å². The summed E-state index contributed by atoms with van der Waals surface area (Å²) in [4.78, 5) is 24.6. The van der Waals surface area contributed by atoms with Crippen molar-refractivity contribution in [1.82, 2.24) is 4.90 Å². The van der Waals surface area contributed by atoms with Crippen LogP contribution in [-0.2, 0) is 9.59 Å². The average Bonchev–Trinajstić information content (AvgIpc) is 2.30. The molecular formula is C13H23NO3S. The summed E-state index contributed by atoms with van der Waals surface area (Å²) in [5.74, 6) is 2.06. The first-order valence-electron chi connectivity index (χ1n) is 6.63. The van der Waals surface area contributed by atoms with Crippen molar-refractivity contribution in [2.45, 2.75) is 45.6 Å². The number of carbonyl (C=O) groups is 2. The fourth-order valence-corrected chi connectivity index (χ4v) is 3.62. The topological polar surface area (TPSA) is 57.6 Å². The van der Waals surface area contributed by atoms with E-state index in [1.54, 1.807) is 4.90 Å². The number of nitrogens with zero attached hydrogens (tertiary/aromatic N) is 1. The van der Waals surface area contributed by atoms with Gasteiger partial charge in [0.2, 0.25) is 5.91 Å². The highest BCUT2D eigenvalue weighted by molar-refractivity contribution is 7.99. The van der Waals surface area contributed by atoms with Gasteiger partial charge in [-0.25, -0.2) is 0 Å². The number of carboxylic acid groups (broad SMARTS) is 1. The van der Waals surface area contributed by atoms with Gasteiger partial charge in [0.1, 0.15) is 0 Å². The molecule has 0 aromatic rings. The van der Waals surface area contributed by atoms with E-state index < -0.39 is 5.97 Å².